The molecule has 0 saturated carbocycles. The zero-order valence-electron chi connectivity index (χ0n) is 18.2. The van der Waals surface area contributed by atoms with E-state index in [1.54, 1.807) is 7.11 Å². The molecule has 0 aliphatic carbocycles. The van der Waals surface area contributed by atoms with Crippen molar-refractivity contribution in [2.75, 3.05) is 12.4 Å². The van der Waals surface area contributed by atoms with Crippen molar-refractivity contribution in [1.29, 1.82) is 0 Å². The summed E-state index contributed by atoms with van der Waals surface area (Å²) in [7, 11) is 1.61. The number of methoxy groups -OCH3 is 1. The molecule has 0 fully saturated rings. The van der Waals surface area contributed by atoms with Gasteiger partial charge in [-0.3, -0.25) is 0 Å². The molecule has 0 unspecified atom stereocenters. The van der Waals surface area contributed by atoms with Crippen molar-refractivity contribution < 1.29 is 9.53 Å². The number of ether oxygens (including phenoxy) is 1. The first-order valence-corrected chi connectivity index (χ1v) is 10.7. The van der Waals surface area contributed by atoms with Gasteiger partial charge in [0, 0.05) is 11.9 Å². The highest BCUT2D eigenvalue weighted by atomic mass is 16.5. The molecule has 5 heteroatoms. The Balaban J connectivity index is 1.64. The van der Waals surface area contributed by atoms with Gasteiger partial charge >= 0.3 is 6.03 Å². The van der Waals surface area contributed by atoms with E-state index < -0.39 is 0 Å². The lowest BCUT2D eigenvalue weighted by atomic mass is 10.00. The minimum atomic E-state index is -0.244. The average molecular weight is 424 g/mol. The number of hydrogen-bond acceptors (Lipinski definition) is 2. The van der Waals surface area contributed by atoms with Gasteiger partial charge in [-0.05, 0) is 48.4 Å². The summed E-state index contributed by atoms with van der Waals surface area (Å²) in [5, 5.41) is 3.08. The van der Waals surface area contributed by atoms with Crippen molar-refractivity contribution in [3.63, 3.8) is 0 Å². The van der Waals surface area contributed by atoms with Crippen molar-refractivity contribution in [3.8, 4) is 11.4 Å². The highest BCUT2D eigenvalue weighted by Crippen LogP contribution is 2.37. The van der Waals surface area contributed by atoms with Crippen LogP contribution in [-0.2, 0) is 6.54 Å². The number of fused-ring (bicyclic) bond motifs is 3. The Bertz CT molecular complexity index is 1280. The van der Waals surface area contributed by atoms with Crippen LogP contribution in [0.15, 0.2) is 91.1 Å². The molecule has 1 aliphatic heterocycles. The maximum Gasteiger partial charge on any atom is 0.323 e. The van der Waals surface area contributed by atoms with E-state index in [1.807, 2.05) is 53.4 Å². The maximum atomic E-state index is 13.7. The van der Waals surface area contributed by atoms with E-state index in [-0.39, 0.29) is 12.1 Å². The van der Waals surface area contributed by atoms with Crippen molar-refractivity contribution in [2.45, 2.75) is 19.5 Å². The molecule has 5 nitrogen and oxygen atoms in total. The van der Waals surface area contributed by atoms with Crippen molar-refractivity contribution >= 4 is 11.7 Å². The number of para-hydroxylation sites is 3. The number of amides is 2. The quantitative estimate of drug-likeness (QED) is 0.444. The summed E-state index contributed by atoms with van der Waals surface area (Å²) in [6, 6.07) is 27.8. The molecule has 0 saturated heterocycles. The van der Waals surface area contributed by atoms with E-state index >= 15 is 0 Å². The predicted octanol–water partition coefficient (Wildman–Crippen LogP) is 5.93. The standard InChI is InChI=1S/C27H25N3O2/c1-19-9-7-11-20(17-19)26-24-14-8-16-29(24)23-13-5-3-10-21(23)18-30(26)27(31)28-22-12-4-6-15-25(22)32-2/h3-17,26H,18H2,1-2H3,(H,28,31)/t26-/m1/s1. The van der Waals surface area contributed by atoms with Crippen LogP contribution in [0, 0.1) is 6.92 Å². The lowest BCUT2D eigenvalue weighted by molar-refractivity contribution is 0.194. The van der Waals surface area contributed by atoms with Crippen LogP contribution in [0.2, 0.25) is 0 Å². The van der Waals surface area contributed by atoms with Crippen LogP contribution in [0.25, 0.3) is 5.69 Å². The number of urea groups is 1. The fourth-order valence-electron chi connectivity index (χ4n) is 4.47. The number of hydrogen-bond donors (Lipinski definition) is 1. The summed E-state index contributed by atoms with van der Waals surface area (Å²) in [5.41, 5.74) is 6.13. The molecule has 0 spiro atoms. The molecule has 1 aromatic heterocycles. The Hall–Kier alpha value is -3.99. The highest BCUT2D eigenvalue weighted by Gasteiger charge is 2.33. The molecule has 1 aliphatic rings. The molecule has 2 heterocycles. The van der Waals surface area contributed by atoms with Crippen LogP contribution < -0.4 is 10.1 Å². The fraction of sp³-hybridized carbons (Fsp3) is 0.148. The topological polar surface area (TPSA) is 46.5 Å². The minimum Gasteiger partial charge on any atom is -0.495 e. The number of carbonyl (C=O) groups excluding carboxylic acids is 1. The fourth-order valence-corrected chi connectivity index (χ4v) is 4.47. The monoisotopic (exact) mass is 423 g/mol. The number of benzene rings is 3. The Kier molecular flexibility index (Phi) is 5.15. The van der Waals surface area contributed by atoms with E-state index in [1.165, 1.54) is 0 Å². The molecule has 32 heavy (non-hydrogen) atoms. The van der Waals surface area contributed by atoms with E-state index in [2.05, 4.69) is 59.4 Å². The largest absolute Gasteiger partial charge is 0.495 e. The molecule has 1 atom stereocenters. The molecular formula is C27H25N3O2. The summed E-state index contributed by atoms with van der Waals surface area (Å²) in [4.78, 5) is 15.7. The highest BCUT2D eigenvalue weighted by molar-refractivity contribution is 5.91. The van der Waals surface area contributed by atoms with Gasteiger partial charge in [0.2, 0.25) is 0 Å². The molecule has 160 valence electrons. The summed E-state index contributed by atoms with van der Waals surface area (Å²) >= 11 is 0. The van der Waals surface area contributed by atoms with Gasteiger partial charge in [0.25, 0.3) is 0 Å². The molecule has 0 bridgehead atoms. The van der Waals surface area contributed by atoms with Crippen molar-refractivity contribution in [3.05, 3.63) is 114 Å². The summed E-state index contributed by atoms with van der Waals surface area (Å²) in [6.45, 7) is 2.56. The molecule has 4 aromatic rings. The van der Waals surface area contributed by atoms with E-state index in [0.717, 1.165) is 28.1 Å². The first kappa shape index (κ1) is 19.9. The third kappa shape index (κ3) is 3.52. The molecule has 3 aromatic carbocycles. The Morgan fingerprint density at radius 2 is 1.78 bits per heavy atom. The van der Waals surface area contributed by atoms with Gasteiger partial charge in [0.1, 0.15) is 5.75 Å². The summed E-state index contributed by atoms with van der Waals surface area (Å²) in [5.74, 6) is 0.631. The third-order valence-corrected chi connectivity index (χ3v) is 5.93. The Morgan fingerprint density at radius 3 is 2.62 bits per heavy atom. The first-order valence-electron chi connectivity index (χ1n) is 10.7. The lowest BCUT2D eigenvalue weighted by Crippen LogP contribution is -2.38. The summed E-state index contributed by atoms with van der Waals surface area (Å²) in [6.07, 6.45) is 2.07. The number of nitrogens with one attached hydrogen (secondary N) is 1. The molecule has 1 N–H and O–H groups in total. The zero-order chi connectivity index (χ0) is 22.1. The van der Waals surface area contributed by atoms with Crippen LogP contribution in [0.1, 0.15) is 28.4 Å². The maximum absolute atomic E-state index is 13.7. The average Bonchev–Trinajstić information content (AvgIpc) is 3.23. The smallest absolute Gasteiger partial charge is 0.323 e. The second-order valence-corrected chi connectivity index (χ2v) is 8.01. The van der Waals surface area contributed by atoms with Crippen LogP contribution in [0.5, 0.6) is 5.75 Å². The zero-order valence-corrected chi connectivity index (χ0v) is 18.2. The van der Waals surface area contributed by atoms with Crippen LogP contribution >= 0.6 is 0 Å². The number of carbonyl (C=O) groups is 1. The van der Waals surface area contributed by atoms with Gasteiger partial charge in [-0.25, -0.2) is 4.79 Å². The second kappa shape index (κ2) is 8.27. The normalized spacial score (nSPS) is 14.8. The van der Waals surface area contributed by atoms with E-state index in [9.17, 15) is 4.79 Å². The number of anilines is 1. The van der Waals surface area contributed by atoms with Gasteiger partial charge in [0.05, 0.1) is 31.1 Å². The number of nitrogens with zero attached hydrogens (tertiary/aromatic N) is 2. The van der Waals surface area contributed by atoms with E-state index in [4.69, 9.17) is 4.74 Å². The van der Waals surface area contributed by atoms with Gasteiger partial charge in [-0.2, -0.15) is 0 Å². The third-order valence-electron chi connectivity index (χ3n) is 5.93. The predicted molar refractivity (Wildman–Crippen MR) is 126 cm³/mol. The van der Waals surface area contributed by atoms with E-state index in [0.29, 0.717) is 18.0 Å². The Morgan fingerprint density at radius 1 is 0.969 bits per heavy atom. The SMILES string of the molecule is COc1ccccc1NC(=O)N1Cc2ccccc2-n2cccc2[C@H]1c1cccc(C)c1. The molecule has 0 radical (unpaired) electrons. The van der Waals surface area contributed by atoms with Crippen molar-refractivity contribution in [2.24, 2.45) is 0 Å². The van der Waals surface area contributed by atoms with Gasteiger partial charge < -0.3 is 19.5 Å². The Labute approximate surface area is 187 Å². The van der Waals surface area contributed by atoms with Gasteiger partial charge in [0.15, 0.2) is 0 Å². The van der Waals surface area contributed by atoms with Crippen LogP contribution in [0.3, 0.4) is 0 Å². The molecule has 2 amide bonds. The number of aryl methyl sites for hydroxylation is 1. The lowest BCUT2D eigenvalue weighted by Gasteiger charge is -2.31. The molecular weight excluding hydrogens is 398 g/mol. The van der Waals surface area contributed by atoms with Crippen LogP contribution in [-0.4, -0.2) is 22.6 Å². The van der Waals surface area contributed by atoms with Crippen LogP contribution in [0.4, 0.5) is 10.5 Å². The summed E-state index contributed by atoms with van der Waals surface area (Å²) < 4.78 is 7.64. The first-order chi connectivity index (χ1) is 15.7. The van der Waals surface area contributed by atoms with Crippen molar-refractivity contribution in [1.82, 2.24) is 9.47 Å². The minimum absolute atomic E-state index is 0.176. The second-order valence-electron chi connectivity index (χ2n) is 8.01. The van der Waals surface area contributed by atoms with Gasteiger partial charge in [-0.1, -0.05) is 60.2 Å². The molecule has 5 rings (SSSR count). The van der Waals surface area contributed by atoms with Gasteiger partial charge in [-0.15, -0.1) is 0 Å². The number of rotatable bonds is 3. The number of aromatic nitrogens is 1.